The lowest BCUT2D eigenvalue weighted by molar-refractivity contribution is -0.0479. The fraction of sp³-hybridized carbons (Fsp3) is 1.00. The Balaban J connectivity index is 2.51. The van der Waals surface area contributed by atoms with Crippen LogP contribution in [0.4, 0.5) is 0 Å². The SMILES string of the molecule is CCC1CN(C(CN)CC(C)(C)C)CCO1. The predicted molar refractivity (Wildman–Crippen MR) is 68.5 cm³/mol. The molecule has 0 aromatic heterocycles. The molecule has 2 atom stereocenters. The van der Waals surface area contributed by atoms with Crippen molar-refractivity contribution in [1.29, 1.82) is 0 Å². The molecule has 0 amide bonds. The molecular weight excluding hydrogens is 200 g/mol. The number of morpholine rings is 1. The Morgan fingerprint density at radius 2 is 2.12 bits per heavy atom. The molecule has 1 aliphatic heterocycles. The van der Waals surface area contributed by atoms with Gasteiger partial charge in [0.2, 0.25) is 0 Å². The second-order valence-electron chi connectivity index (χ2n) is 6.05. The molecule has 0 spiro atoms. The second-order valence-corrected chi connectivity index (χ2v) is 6.05. The Kier molecular flexibility index (Phi) is 5.22. The molecule has 0 radical (unpaired) electrons. The Labute approximate surface area is 100 Å². The second kappa shape index (κ2) is 5.99. The normalized spacial score (nSPS) is 25.7. The van der Waals surface area contributed by atoms with E-state index < -0.39 is 0 Å². The maximum Gasteiger partial charge on any atom is 0.0700 e. The molecule has 3 nitrogen and oxygen atoms in total. The van der Waals surface area contributed by atoms with E-state index in [-0.39, 0.29) is 0 Å². The molecule has 96 valence electrons. The molecule has 1 rings (SSSR count). The molecule has 3 heteroatoms. The van der Waals surface area contributed by atoms with Crippen LogP contribution in [-0.2, 0) is 4.74 Å². The summed E-state index contributed by atoms with van der Waals surface area (Å²) >= 11 is 0. The van der Waals surface area contributed by atoms with Gasteiger partial charge in [-0.1, -0.05) is 27.7 Å². The van der Waals surface area contributed by atoms with E-state index in [2.05, 4.69) is 32.6 Å². The maximum atomic E-state index is 5.92. The molecular formula is C13H28N2O. The molecule has 0 saturated carbocycles. The van der Waals surface area contributed by atoms with Crippen molar-refractivity contribution in [3.63, 3.8) is 0 Å². The summed E-state index contributed by atoms with van der Waals surface area (Å²) in [7, 11) is 0. The van der Waals surface area contributed by atoms with E-state index in [0.29, 0.717) is 17.6 Å². The summed E-state index contributed by atoms with van der Waals surface area (Å²) in [6.45, 7) is 12.7. The van der Waals surface area contributed by atoms with E-state index in [1.54, 1.807) is 0 Å². The van der Waals surface area contributed by atoms with E-state index in [4.69, 9.17) is 10.5 Å². The van der Waals surface area contributed by atoms with E-state index in [9.17, 15) is 0 Å². The molecule has 0 aromatic rings. The molecule has 1 heterocycles. The smallest absolute Gasteiger partial charge is 0.0700 e. The van der Waals surface area contributed by atoms with E-state index in [1.165, 1.54) is 6.42 Å². The van der Waals surface area contributed by atoms with E-state index in [0.717, 1.165) is 32.7 Å². The molecule has 0 aliphatic carbocycles. The van der Waals surface area contributed by atoms with Crippen molar-refractivity contribution in [2.75, 3.05) is 26.2 Å². The zero-order valence-corrected chi connectivity index (χ0v) is 11.3. The number of hydrogen-bond donors (Lipinski definition) is 1. The first-order chi connectivity index (χ1) is 7.46. The average molecular weight is 228 g/mol. The Bertz CT molecular complexity index is 201. The molecule has 0 bridgehead atoms. The van der Waals surface area contributed by atoms with Crippen molar-refractivity contribution in [1.82, 2.24) is 4.90 Å². The van der Waals surface area contributed by atoms with Gasteiger partial charge in [-0.05, 0) is 18.3 Å². The highest BCUT2D eigenvalue weighted by Gasteiger charge is 2.27. The molecule has 1 aliphatic rings. The summed E-state index contributed by atoms with van der Waals surface area (Å²) < 4.78 is 5.70. The van der Waals surface area contributed by atoms with Crippen LogP contribution < -0.4 is 5.73 Å². The molecule has 1 saturated heterocycles. The minimum atomic E-state index is 0.351. The topological polar surface area (TPSA) is 38.5 Å². The third kappa shape index (κ3) is 4.40. The van der Waals surface area contributed by atoms with E-state index >= 15 is 0 Å². The third-order valence-corrected chi connectivity index (χ3v) is 3.26. The lowest BCUT2D eigenvalue weighted by Gasteiger charge is -2.40. The van der Waals surface area contributed by atoms with Gasteiger partial charge in [-0.25, -0.2) is 0 Å². The van der Waals surface area contributed by atoms with Crippen LogP contribution >= 0.6 is 0 Å². The van der Waals surface area contributed by atoms with Crippen LogP contribution in [0.5, 0.6) is 0 Å². The Hall–Kier alpha value is -0.120. The fourth-order valence-corrected chi connectivity index (χ4v) is 2.39. The van der Waals surface area contributed by atoms with Gasteiger partial charge in [0.25, 0.3) is 0 Å². The first-order valence-electron chi connectivity index (χ1n) is 6.52. The van der Waals surface area contributed by atoms with Crippen LogP contribution in [0.25, 0.3) is 0 Å². The molecule has 0 aromatic carbocycles. The largest absolute Gasteiger partial charge is 0.376 e. The summed E-state index contributed by atoms with van der Waals surface area (Å²) in [6.07, 6.45) is 2.67. The standard InChI is InChI=1S/C13H28N2O/c1-5-12-10-15(6-7-16-12)11(9-14)8-13(2,3)4/h11-12H,5-10,14H2,1-4H3. The van der Waals surface area contributed by atoms with Crippen molar-refractivity contribution in [3.05, 3.63) is 0 Å². The highest BCUT2D eigenvalue weighted by molar-refractivity contribution is 4.82. The van der Waals surface area contributed by atoms with Crippen LogP contribution in [0.3, 0.4) is 0 Å². The minimum absolute atomic E-state index is 0.351. The summed E-state index contributed by atoms with van der Waals surface area (Å²) in [5.74, 6) is 0. The molecule has 2 unspecified atom stereocenters. The van der Waals surface area contributed by atoms with Gasteiger partial charge in [0, 0.05) is 25.7 Å². The quantitative estimate of drug-likeness (QED) is 0.798. The van der Waals surface area contributed by atoms with Crippen LogP contribution in [-0.4, -0.2) is 43.3 Å². The lowest BCUT2D eigenvalue weighted by Crippen LogP contribution is -2.51. The van der Waals surface area contributed by atoms with Gasteiger partial charge in [0.1, 0.15) is 0 Å². The number of hydrogen-bond acceptors (Lipinski definition) is 3. The first kappa shape index (κ1) is 13.9. The van der Waals surface area contributed by atoms with Crippen molar-refractivity contribution < 1.29 is 4.74 Å². The Morgan fingerprint density at radius 3 is 2.62 bits per heavy atom. The zero-order chi connectivity index (χ0) is 12.2. The Morgan fingerprint density at radius 1 is 1.44 bits per heavy atom. The van der Waals surface area contributed by atoms with Crippen molar-refractivity contribution >= 4 is 0 Å². The molecule has 2 N–H and O–H groups in total. The van der Waals surface area contributed by atoms with Gasteiger partial charge in [-0.2, -0.15) is 0 Å². The third-order valence-electron chi connectivity index (χ3n) is 3.26. The molecule has 16 heavy (non-hydrogen) atoms. The number of nitrogens with two attached hydrogens (primary N) is 1. The van der Waals surface area contributed by atoms with Gasteiger partial charge >= 0.3 is 0 Å². The molecule has 1 fully saturated rings. The summed E-state index contributed by atoms with van der Waals surface area (Å²) in [5, 5.41) is 0. The van der Waals surface area contributed by atoms with Crippen molar-refractivity contribution in [2.24, 2.45) is 11.1 Å². The van der Waals surface area contributed by atoms with Crippen molar-refractivity contribution in [2.45, 2.75) is 52.7 Å². The highest BCUT2D eigenvalue weighted by atomic mass is 16.5. The summed E-state index contributed by atoms with van der Waals surface area (Å²) in [5.41, 5.74) is 6.27. The van der Waals surface area contributed by atoms with Gasteiger partial charge in [-0.3, -0.25) is 4.90 Å². The maximum absolute atomic E-state index is 5.92. The number of nitrogens with zero attached hydrogens (tertiary/aromatic N) is 1. The highest BCUT2D eigenvalue weighted by Crippen LogP contribution is 2.24. The zero-order valence-electron chi connectivity index (χ0n) is 11.3. The summed E-state index contributed by atoms with van der Waals surface area (Å²) in [4.78, 5) is 2.52. The predicted octanol–water partition coefficient (Wildman–Crippen LogP) is 1.86. The van der Waals surface area contributed by atoms with E-state index in [1.807, 2.05) is 0 Å². The monoisotopic (exact) mass is 228 g/mol. The van der Waals surface area contributed by atoms with Crippen LogP contribution in [0.1, 0.15) is 40.5 Å². The van der Waals surface area contributed by atoms with Crippen LogP contribution in [0.15, 0.2) is 0 Å². The van der Waals surface area contributed by atoms with Gasteiger partial charge in [-0.15, -0.1) is 0 Å². The lowest BCUT2D eigenvalue weighted by atomic mass is 9.87. The minimum Gasteiger partial charge on any atom is -0.376 e. The van der Waals surface area contributed by atoms with Gasteiger partial charge in [0.05, 0.1) is 12.7 Å². The van der Waals surface area contributed by atoms with Crippen molar-refractivity contribution in [3.8, 4) is 0 Å². The van der Waals surface area contributed by atoms with Gasteiger partial charge < -0.3 is 10.5 Å². The first-order valence-corrected chi connectivity index (χ1v) is 6.52. The number of rotatable bonds is 4. The average Bonchev–Trinajstić information content (AvgIpc) is 2.25. The van der Waals surface area contributed by atoms with Crippen LogP contribution in [0.2, 0.25) is 0 Å². The van der Waals surface area contributed by atoms with Crippen LogP contribution in [0, 0.1) is 5.41 Å². The van der Waals surface area contributed by atoms with Gasteiger partial charge in [0.15, 0.2) is 0 Å². The summed E-state index contributed by atoms with van der Waals surface area (Å²) in [6, 6.07) is 0.512. The number of ether oxygens (including phenoxy) is 1. The fourth-order valence-electron chi connectivity index (χ4n) is 2.39.